The lowest BCUT2D eigenvalue weighted by Gasteiger charge is -2.49. The molecule has 1 aliphatic carbocycles. The van der Waals surface area contributed by atoms with Gasteiger partial charge in [0.15, 0.2) is 0 Å². The molecule has 2 fully saturated rings. The van der Waals surface area contributed by atoms with Crippen LogP contribution < -0.4 is 0 Å². The Bertz CT molecular complexity index is 935. The molecule has 0 bridgehead atoms. The van der Waals surface area contributed by atoms with Crippen molar-refractivity contribution in [2.45, 2.75) is 49.9 Å². The first kappa shape index (κ1) is 19.3. The van der Waals surface area contributed by atoms with E-state index in [1.807, 2.05) is 30.3 Å². The number of benzene rings is 2. The number of nitrogens with zero attached hydrogens (tertiary/aromatic N) is 2. The number of piperidine rings is 2. The second-order valence-electron chi connectivity index (χ2n) is 8.93. The Labute approximate surface area is 174 Å². The number of sulfonamides is 1. The Balaban J connectivity index is 1.27. The average molecular weight is 411 g/mol. The lowest BCUT2D eigenvalue weighted by molar-refractivity contribution is 0.0185. The highest BCUT2D eigenvalue weighted by molar-refractivity contribution is 7.88. The van der Waals surface area contributed by atoms with Gasteiger partial charge >= 0.3 is 0 Å². The van der Waals surface area contributed by atoms with Gasteiger partial charge in [-0.2, -0.15) is 0 Å². The van der Waals surface area contributed by atoms with E-state index in [2.05, 4.69) is 29.2 Å². The third-order valence-electron chi connectivity index (χ3n) is 7.16. The maximum Gasteiger partial charge on any atom is 0.218 e. The van der Waals surface area contributed by atoms with Gasteiger partial charge in [-0.15, -0.1) is 0 Å². The second kappa shape index (κ2) is 7.86. The zero-order chi connectivity index (χ0) is 19.8. The van der Waals surface area contributed by atoms with E-state index >= 15 is 0 Å². The maximum absolute atomic E-state index is 13.0. The highest BCUT2D eigenvalue weighted by atomic mass is 32.2. The molecule has 0 spiro atoms. The molecule has 29 heavy (non-hydrogen) atoms. The number of hydrogen-bond acceptors (Lipinski definition) is 3. The lowest BCUT2D eigenvalue weighted by Crippen LogP contribution is -2.58. The van der Waals surface area contributed by atoms with E-state index in [0.717, 1.165) is 37.8 Å². The molecule has 154 valence electrons. The molecule has 0 N–H and O–H groups in total. The van der Waals surface area contributed by atoms with E-state index in [1.54, 1.807) is 4.31 Å². The molecule has 5 heteroatoms. The molecule has 2 saturated heterocycles. The quantitative estimate of drug-likeness (QED) is 0.775. The molecule has 0 amide bonds. The summed E-state index contributed by atoms with van der Waals surface area (Å²) in [6, 6.07) is 19.5. The maximum atomic E-state index is 13.0. The van der Waals surface area contributed by atoms with Crippen LogP contribution in [0.3, 0.4) is 0 Å². The van der Waals surface area contributed by atoms with E-state index in [4.69, 9.17) is 0 Å². The first-order valence-corrected chi connectivity index (χ1v) is 12.6. The van der Waals surface area contributed by atoms with Gasteiger partial charge in [-0.25, -0.2) is 12.7 Å². The van der Waals surface area contributed by atoms with Gasteiger partial charge in [0.05, 0.1) is 5.75 Å². The Morgan fingerprint density at radius 1 is 0.862 bits per heavy atom. The van der Waals surface area contributed by atoms with E-state index in [-0.39, 0.29) is 5.75 Å². The summed E-state index contributed by atoms with van der Waals surface area (Å²) < 4.78 is 27.8. The summed E-state index contributed by atoms with van der Waals surface area (Å²) in [7, 11) is -3.25. The van der Waals surface area contributed by atoms with Gasteiger partial charge in [0, 0.05) is 25.2 Å². The summed E-state index contributed by atoms with van der Waals surface area (Å²) in [5.41, 5.74) is 3.88. The van der Waals surface area contributed by atoms with Crippen LogP contribution in [0.2, 0.25) is 0 Å². The largest absolute Gasteiger partial charge is 0.296 e. The zero-order valence-electron chi connectivity index (χ0n) is 16.9. The summed E-state index contributed by atoms with van der Waals surface area (Å²) in [5, 5.41) is 0. The van der Waals surface area contributed by atoms with Gasteiger partial charge in [0.25, 0.3) is 0 Å². The second-order valence-corrected chi connectivity index (χ2v) is 10.9. The van der Waals surface area contributed by atoms with Gasteiger partial charge in [0.2, 0.25) is 10.0 Å². The number of hydrogen-bond donors (Lipinski definition) is 0. The summed E-state index contributed by atoms with van der Waals surface area (Å²) in [5.74, 6) is 0.583. The van der Waals surface area contributed by atoms with Crippen LogP contribution in [0.1, 0.15) is 36.0 Å². The SMILES string of the molecule is O=S(=O)(Cc1ccccc1)N1CC[C@@H]2[C@H](CCCN2C2Cc3ccccc3C2)C1. The van der Waals surface area contributed by atoms with Crippen molar-refractivity contribution in [3.05, 3.63) is 71.3 Å². The molecule has 0 radical (unpaired) electrons. The topological polar surface area (TPSA) is 40.6 Å². The fourth-order valence-corrected chi connectivity index (χ4v) is 7.36. The molecule has 2 atom stereocenters. The molecule has 0 aromatic heterocycles. The van der Waals surface area contributed by atoms with Gasteiger partial charge in [-0.05, 0) is 61.3 Å². The number of likely N-dealkylation sites (tertiary alicyclic amines) is 1. The summed E-state index contributed by atoms with van der Waals surface area (Å²) in [4.78, 5) is 2.73. The van der Waals surface area contributed by atoms with E-state index in [1.165, 1.54) is 17.5 Å². The molecule has 4 nitrogen and oxygen atoms in total. The molecule has 0 saturated carbocycles. The third kappa shape index (κ3) is 3.88. The van der Waals surface area contributed by atoms with Crippen molar-refractivity contribution in [3.63, 3.8) is 0 Å². The van der Waals surface area contributed by atoms with Crippen molar-refractivity contribution in [2.24, 2.45) is 5.92 Å². The molecule has 2 aliphatic heterocycles. The molecule has 2 aromatic carbocycles. The number of rotatable bonds is 4. The Morgan fingerprint density at radius 2 is 1.55 bits per heavy atom. The highest BCUT2D eigenvalue weighted by Gasteiger charge is 2.42. The van der Waals surface area contributed by atoms with Gasteiger partial charge in [0.1, 0.15) is 0 Å². The van der Waals surface area contributed by atoms with Crippen molar-refractivity contribution in [1.82, 2.24) is 9.21 Å². The fourth-order valence-electron chi connectivity index (χ4n) is 5.76. The minimum absolute atomic E-state index is 0.118. The standard InChI is InChI=1S/C24H30N2O2S/c27-29(28,18-19-7-2-1-3-8-19)25-14-12-24-22(17-25)11-6-13-26(24)23-15-20-9-4-5-10-21(20)16-23/h1-5,7-10,22-24H,6,11-18H2/t22-,24-/m1/s1. The molecule has 2 heterocycles. The van der Waals surface area contributed by atoms with Crippen LogP contribution in [0.5, 0.6) is 0 Å². The minimum atomic E-state index is -3.25. The lowest BCUT2D eigenvalue weighted by atomic mass is 9.83. The molecular weight excluding hydrogens is 380 g/mol. The van der Waals surface area contributed by atoms with Gasteiger partial charge in [-0.1, -0.05) is 54.6 Å². The Morgan fingerprint density at radius 3 is 2.28 bits per heavy atom. The van der Waals surface area contributed by atoms with Crippen molar-refractivity contribution in [2.75, 3.05) is 19.6 Å². The van der Waals surface area contributed by atoms with E-state index in [9.17, 15) is 8.42 Å². The van der Waals surface area contributed by atoms with Crippen LogP contribution in [0.15, 0.2) is 54.6 Å². The first-order chi connectivity index (χ1) is 14.1. The number of fused-ring (bicyclic) bond motifs is 2. The van der Waals surface area contributed by atoms with Crippen molar-refractivity contribution in [3.8, 4) is 0 Å². The molecular formula is C24H30N2O2S. The van der Waals surface area contributed by atoms with Crippen molar-refractivity contribution in [1.29, 1.82) is 0 Å². The van der Waals surface area contributed by atoms with Crippen LogP contribution in [-0.2, 0) is 28.6 Å². The predicted octanol–water partition coefficient (Wildman–Crippen LogP) is 3.47. The van der Waals surface area contributed by atoms with Crippen molar-refractivity contribution < 1.29 is 8.42 Å². The van der Waals surface area contributed by atoms with Gasteiger partial charge in [-0.3, -0.25) is 4.90 Å². The normalized spacial score (nSPS) is 26.2. The fraction of sp³-hybridized carbons (Fsp3) is 0.500. The van der Waals surface area contributed by atoms with E-state index < -0.39 is 10.0 Å². The zero-order valence-corrected chi connectivity index (χ0v) is 17.7. The van der Waals surface area contributed by atoms with Crippen LogP contribution in [0.4, 0.5) is 0 Å². The minimum Gasteiger partial charge on any atom is -0.296 e. The summed E-state index contributed by atoms with van der Waals surface area (Å²) in [6.45, 7) is 2.51. The molecule has 2 aromatic rings. The first-order valence-electron chi connectivity index (χ1n) is 10.9. The highest BCUT2D eigenvalue weighted by Crippen LogP contribution is 2.36. The van der Waals surface area contributed by atoms with Gasteiger partial charge < -0.3 is 0 Å². The monoisotopic (exact) mass is 410 g/mol. The summed E-state index contributed by atoms with van der Waals surface area (Å²) >= 11 is 0. The van der Waals surface area contributed by atoms with Crippen molar-refractivity contribution >= 4 is 10.0 Å². The Kier molecular flexibility index (Phi) is 5.23. The molecule has 0 unspecified atom stereocenters. The molecule has 3 aliphatic rings. The van der Waals surface area contributed by atoms with Crippen LogP contribution in [0.25, 0.3) is 0 Å². The smallest absolute Gasteiger partial charge is 0.218 e. The summed E-state index contributed by atoms with van der Waals surface area (Å²) in [6.07, 6.45) is 5.59. The molecule has 5 rings (SSSR count). The van der Waals surface area contributed by atoms with Crippen LogP contribution in [0, 0.1) is 5.92 Å². The van der Waals surface area contributed by atoms with Crippen LogP contribution >= 0.6 is 0 Å². The third-order valence-corrected chi connectivity index (χ3v) is 8.97. The predicted molar refractivity (Wildman–Crippen MR) is 116 cm³/mol. The average Bonchev–Trinajstić information content (AvgIpc) is 3.17. The Hall–Kier alpha value is -1.69. The van der Waals surface area contributed by atoms with Crippen LogP contribution in [-0.4, -0.2) is 49.3 Å². The van der Waals surface area contributed by atoms with E-state index in [0.29, 0.717) is 31.1 Å².